The van der Waals surface area contributed by atoms with Crippen LogP contribution in [-0.4, -0.2) is 28.9 Å². The molecule has 1 saturated carbocycles. The number of allylic oxidation sites excluding steroid dienone is 1. The van der Waals surface area contributed by atoms with Crippen molar-refractivity contribution >= 4 is 11.9 Å². The van der Waals surface area contributed by atoms with E-state index < -0.39 is 0 Å². The minimum Gasteiger partial charge on any atom is -0.494 e. The summed E-state index contributed by atoms with van der Waals surface area (Å²) in [7, 11) is 0. The Hall–Kier alpha value is -3.28. The molecule has 0 spiro atoms. The summed E-state index contributed by atoms with van der Waals surface area (Å²) in [5.41, 5.74) is 11.9. The summed E-state index contributed by atoms with van der Waals surface area (Å²) in [5.74, 6) is 1.87. The number of nitrogens with two attached hydrogens (primary N) is 1. The van der Waals surface area contributed by atoms with Gasteiger partial charge in [-0.3, -0.25) is 4.79 Å². The third-order valence-corrected chi connectivity index (χ3v) is 6.76. The molecule has 1 heterocycles. The minimum atomic E-state index is -0.228. The third-order valence-electron chi connectivity index (χ3n) is 6.76. The van der Waals surface area contributed by atoms with Gasteiger partial charge in [0.05, 0.1) is 13.2 Å². The summed E-state index contributed by atoms with van der Waals surface area (Å²) >= 11 is 0. The van der Waals surface area contributed by atoms with Crippen molar-refractivity contribution in [3.63, 3.8) is 0 Å². The Labute approximate surface area is 215 Å². The Balaban J connectivity index is 1.33. The van der Waals surface area contributed by atoms with Crippen LogP contribution in [-0.2, 0) is 13.1 Å². The molecular formula is C30H40N4O2. The van der Waals surface area contributed by atoms with Gasteiger partial charge >= 0.3 is 0 Å². The highest BCUT2D eigenvalue weighted by atomic mass is 16.5. The highest BCUT2D eigenvalue weighted by Gasteiger charge is 2.43. The van der Waals surface area contributed by atoms with Crippen LogP contribution in [0.15, 0.2) is 64.8 Å². The number of amides is 1. The van der Waals surface area contributed by atoms with Crippen molar-refractivity contribution in [2.24, 2.45) is 16.6 Å². The van der Waals surface area contributed by atoms with Gasteiger partial charge in [0.2, 0.25) is 0 Å². The quantitative estimate of drug-likeness (QED) is 0.393. The first kappa shape index (κ1) is 25.8. The number of nitrogens with zero attached hydrogens (tertiary/aromatic N) is 2. The van der Waals surface area contributed by atoms with E-state index in [0.29, 0.717) is 37.1 Å². The van der Waals surface area contributed by atoms with Gasteiger partial charge in [0.1, 0.15) is 11.3 Å². The second kappa shape index (κ2) is 11.2. The summed E-state index contributed by atoms with van der Waals surface area (Å²) in [4.78, 5) is 19.7. The van der Waals surface area contributed by atoms with Crippen LogP contribution in [0.25, 0.3) is 0 Å². The molecule has 6 heteroatoms. The number of nitrogens with one attached hydrogen (secondary N) is 1. The fourth-order valence-electron chi connectivity index (χ4n) is 5.01. The van der Waals surface area contributed by atoms with Crippen molar-refractivity contribution in [2.45, 2.75) is 78.4 Å². The molecule has 1 amide bonds. The predicted molar refractivity (Wildman–Crippen MR) is 146 cm³/mol. The number of ether oxygens (including phenoxy) is 1. The second-order valence-electron chi connectivity index (χ2n) is 10.6. The molecule has 6 nitrogen and oxygen atoms in total. The largest absolute Gasteiger partial charge is 0.494 e. The Kier molecular flexibility index (Phi) is 8.02. The molecular weight excluding hydrogens is 448 g/mol. The van der Waals surface area contributed by atoms with E-state index in [1.807, 2.05) is 12.1 Å². The molecule has 0 saturated heterocycles. The normalized spacial score (nSPS) is 19.0. The predicted octanol–water partition coefficient (Wildman–Crippen LogP) is 5.78. The van der Waals surface area contributed by atoms with Crippen LogP contribution in [0.3, 0.4) is 0 Å². The molecule has 1 aliphatic heterocycles. The molecule has 1 fully saturated rings. The van der Waals surface area contributed by atoms with Gasteiger partial charge in [0.15, 0.2) is 5.96 Å². The monoisotopic (exact) mass is 488 g/mol. The number of carbonyl (C=O) groups excluding carboxylic acids is 1. The van der Waals surface area contributed by atoms with Crippen LogP contribution < -0.4 is 15.8 Å². The molecule has 2 aromatic rings. The first-order valence-corrected chi connectivity index (χ1v) is 13.2. The number of carbonyl (C=O) groups is 1. The maximum Gasteiger partial charge on any atom is 0.251 e. The Morgan fingerprint density at radius 1 is 1.11 bits per heavy atom. The second-order valence-corrected chi connectivity index (χ2v) is 10.6. The molecule has 3 N–H and O–H groups in total. The number of unbranched alkanes of at least 4 members (excludes halogenated alkanes) is 1. The molecule has 192 valence electrons. The molecule has 0 bridgehead atoms. The molecule has 1 unspecified atom stereocenters. The van der Waals surface area contributed by atoms with E-state index in [4.69, 9.17) is 15.5 Å². The lowest BCUT2D eigenvalue weighted by Crippen LogP contribution is -2.35. The van der Waals surface area contributed by atoms with E-state index in [2.05, 4.69) is 62.2 Å². The SMILES string of the molecule is CCCCOc1ccc(C(=O)NCc2ccc(CN3C(N)=NC(C)(CC(C)C)C3=C3CC3)cc2)cc1. The van der Waals surface area contributed by atoms with Crippen LogP contribution in [0, 0.1) is 5.92 Å². The maximum absolute atomic E-state index is 12.6. The van der Waals surface area contributed by atoms with Gasteiger partial charge in [0.25, 0.3) is 5.91 Å². The van der Waals surface area contributed by atoms with Crippen molar-refractivity contribution in [3.8, 4) is 5.75 Å². The fourth-order valence-corrected chi connectivity index (χ4v) is 5.01. The number of hydrogen-bond donors (Lipinski definition) is 2. The molecule has 2 aliphatic rings. The lowest BCUT2D eigenvalue weighted by atomic mass is 9.87. The van der Waals surface area contributed by atoms with Gasteiger partial charge in [-0.2, -0.15) is 0 Å². The molecule has 1 atom stereocenters. The maximum atomic E-state index is 12.6. The third kappa shape index (κ3) is 6.28. The Morgan fingerprint density at radius 2 is 1.78 bits per heavy atom. The van der Waals surface area contributed by atoms with E-state index in [-0.39, 0.29) is 11.4 Å². The van der Waals surface area contributed by atoms with Crippen LogP contribution >= 0.6 is 0 Å². The zero-order valence-electron chi connectivity index (χ0n) is 22.1. The highest BCUT2D eigenvalue weighted by molar-refractivity contribution is 5.94. The zero-order valence-corrected chi connectivity index (χ0v) is 22.1. The van der Waals surface area contributed by atoms with E-state index in [1.165, 1.54) is 16.8 Å². The summed E-state index contributed by atoms with van der Waals surface area (Å²) in [6.07, 6.45) is 5.41. The van der Waals surface area contributed by atoms with Gasteiger partial charge in [-0.15, -0.1) is 0 Å². The number of aliphatic imine (C=N–C) groups is 1. The number of hydrogen-bond acceptors (Lipinski definition) is 5. The Bertz CT molecular complexity index is 1110. The van der Waals surface area contributed by atoms with E-state index in [9.17, 15) is 4.79 Å². The van der Waals surface area contributed by atoms with Gasteiger partial charge in [-0.1, -0.05) is 51.5 Å². The van der Waals surface area contributed by atoms with E-state index in [1.54, 1.807) is 12.1 Å². The zero-order chi connectivity index (χ0) is 25.7. The molecule has 1 aliphatic carbocycles. The van der Waals surface area contributed by atoms with Gasteiger partial charge < -0.3 is 20.7 Å². The topological polar surface area (TPSA) is 80.0 Å². The van der Waals surface area contributed by atoms with E-state index in [0.717, 1.165) is 43.4 Å². The highest BCUT2D eigenvalue weighted by Crippen LogP contribution is 2.45. The van der Waals surface area contributed by atoms with Gasteiger partial charge in [-0.25, -0.2) is 4.99 Å². The molecule has 36 heavy (non-hydrogen) atoms. The van der Waals surface area contributed by atoms with Crippen LogP contribution in [0.1, 0.15) is 81.3 Å². The van der Waals surface area contributed by atoms with Crippen molar-refractivity contribution in [3.05, 3.63) is 76.5 Å². The van der Waals surface area contributed by atoms with Crippen molar-refractivity contribution < 1.29 is 9.53 Å². The number of rotatable bonds is 11. The fraction of sp³-hybridized carbons (Fsp3) is 0.467. The van der Waals surface area contributed by atoms with Gasteiger partial charge in [-0.05, 0) is 79.5 Å². The number of benzene rings is 2. The number of guanidine groups is 1. The molecule has 0 radical (unpaired) electrons. The van der Waals surface area contributed by atoms with Crippen LogP contribution in [0.5, 0.6) is 5.75 Å². The average Bonchev–Trinajstić information content (AvgIpc) is 3.64. The summed E-state index contributed by atoms with van der Waals surface area (Å²) in [5, 5.41) is 3.01. The summed E-state index contributed by atoms with van der Waals surface area (Å²) in [6.45, 7) is 10.7. The summed E-state index contributed by atoms with van der Waals surface area (Å²) < 4.78 is 5.67. The lowest BCUT2D eigenvalue weighted by molar-refractivity contribution is 0.0951. The standard InChI is InChI=1S/C30H40N4O2/c1-5-6-17-36-26-15-13-25(14-16-26)28(35)32-19-22-7-9-23(10-8-22)20-34-27(24-11-12-24)30(4,18-21(2)3)33-29(34)31/h7-10,13-16,21H,5-6,11-12,17-20H2,1-4H3,(H2,31,33)(H,32,35). The molecule has 2 aromatic carbocycles. The molecule has 4 rings (SSSR count). The van der Waals surface area contributed by atoms with Gasteiger partial charge in [0, 0.05) is 17.8 Å². The van der Waals surface area contributed by atoms with Crippen molar-refractivity contribution in [1.82, 2.24) is 10.2 Å². The average molecular weight is 489 g/mol. The Morgan fingerprint density at radius 3 is 2.39 bits per heavy atom. The first-order valence-electron chi connectivity index (χ1n) is 13.2. The van der Waals surface area contributed by atoms with Crippen LogP contribution in [0.2, 0.25) is 0 Å². The van der Waals surface area contributed by atoms with E-state index >= 15 is 0 Å². The van der Waals surface area contributed by atoms with Crippen molar-refractivity contribution in [2.75, 3.05) is 6.61 Å². The first-order chi connectivity index (χ1) is 17.3. The van der Waals surface area contributed by atoms with Crippen molar-refractivity contribution in [1.29, 1.82) is 0 Å². The van der Waals surface area contributed by atoms with Crippen LogP contribution in [0.4, 0.5) is 0 Å². The smallest absolute Gasteiger partial charge is 0.251 e. The molecule has 0 aromatic heterocycles. The summed E-state index contributed by atoms with van der Waals surface area (Å²) in [6, 6.07) is 15.7. The lowest BCUT2D eigenvalue weighted by Gasteiger charge is -2.29. The minimum absolute atomic E-state index is 0.0922.